The fourth-order valence-electron chi connectivity index (χ4n) is 6.71. The number of quaternary nitrogens is 1. The van der Waals surface area contributed by atoms with E-state index < -0.39 is 12.2 Å². The van der Waals surface area contributed by atoms with Crippen molar-refractivity contribution in [1.29, 1.82) is 0 Å². The molecule has 1 fully saturated rings. The number of phenolic OH excluding ortho intramolecular Hbond substituents is 1. The van der Waals surface area contributed by atoms with Crippen LogP contribution in [0.1, 0.15) is 48.5 Å². The summed E-state index contributed by atoms with van der Waals surface area (Å²) in [7, 11) is 4.42. The third-order valence-electron chi connectivity index (χ3n) is 9.78. The monoisotopic (exact) mass is 705 g/mol. The Morgan fingerprint density at radius 3 is 2.44 bits per heavy atom. The molecule has 2 heterocycles. The number of aliphatic hydroxyl groups is 1. The number of benzene rings is 4. The molecular formula is C42H49N4O6+. The highest BCUT2D eigenvalue weighted by Crippen LogP contribution is 2.31. The molecule has 1 saturated heterocycles. The van der Waals surface area contributed by atoms with E-state index in [0.29, 0.717) is 36.2 Å². The molecule has 0 spiro atoms. The number of nitrogens with one attached hydrogen (secondary N) is 3. The van der Waals surface area contributed by atoms with Gasteiger partial charge in [-0.15, -0.1) is 0 Å². The van der Waals surface area contributed by atoms with Crippen molar-refractivity contribution in [3.05, 3.63) is 124 Å². The molecule has 1 aromatic heterocycles. The standard InChI is InChI=1S/C42H48N4O6/c1-46(2)23-21-33(22-24-46)52-42(50)44-37-26-29(13-16-34(37)31-9-4-3-5-10-31)8-6-7-25-51-32-14-11-30(12-15-32)27-43-28-39(48)35-17-19-38(47)41-36(35)18-20-40(49)45-41/h3-5,9-20,26,33,39,43,48H,6-8,21-25,27-28H2,1-2H3,(H2-,44,45,47,49,50)/p+1/t39-/m1/s1. The van der Waals surface area contributed by atoms with Crippen LogP contribution in [0, 0.1) is 0 Å². The number of pyridine rings is 1. The number of piperidine rings is 1. The quantitative estimate of drug-likeness (QED) is 0.0627. The number of unbranched alkanes of at least 4 members (excludes halogenated alkanes) is 1. The summed E-state index contributed by atoms with van der Waals surface area (Å²) in [5.41, 5.74) is 5.58. The number of carbonyl (C=O) groups excluding carboxylic acids is 1. The number of anilines is 1. The maximum Gasteiger partial charge on any atom is 0.411 e. The summed E-state index contributed by atoms with van der Waals surface area (Å²) in [5, 5.41) is 27.9. The Morgan fingerprint density at radius 1 is 0.923 bits per heavy atom. The van der Waals surface area contributed by atoms with E-state index in [1.54, 1.807) is 12.1 Å². The first-order valence-electron chi connectivity index (χ1n) is 18.1. The molecule has 272 valence electrons. The normalized spacial score (nSPS) is 14.9. The van der Waals surface area contributed by atoms with Crippen molar-refractivity contribution in [2.24, 2.45) is 0 Å². The van der Waals surface area contributed by atoms with Crippen molar-refractivity contribution < 1.29 is 29.0 Å². The first-order valence-corrected chi connectivity index (χ1v) is 18.1. The zero-order valence-electron chi connectivity index (χ0n) is 29.9. The van der Waals surface area contributed by atoms with Gasteiger partial charge in [-0.2, -0.15) is 0 Å². The number of amides is 1. The number of aliphatic hydroxyl groups excluding tert-OH is 1. The molecule has 5 N–H and O–H groups in total. The average Bonchev–Trinajstić information content (AvgIpc) is 3.14. The molecule has 10 nitrogen and oxygen atoms in total. The summed E-state index contributed by atoms with van der Waals surface area (Å²) >= 11 is 0. The minimum absolute atomic E-state index is 0.0342. The molecule has 5 aromatic rings. The molecule has 6 rings (SSSR count). The van der Waals surface area contributed by atoms with Crippen LogP contribution in [0.15, 0.2) is 102 Å². The molecule has 1 aliphatic rings. The SMILES string of the molecule is C[N+]1(C)CCC(OC(=O)Nc2cc(CCCCOc3ccc(CNC[C@@H](O)c4ccc(O)c5[nH]c(=O)ccc45)cc3)ccc2-c2ccccc2)CC1. The van der Waals surface area contributed by atoms with Crippen LogP contribution in [-0.4, -0.2) is 72.2 Å². The molecule has 0 saturated carbocycles. The lowest BCUT2D eigenvalue weighted by Crippen LogP contribution is -2.48. The Balaban J connectivity index is 0.952. The Bertz CT molecular complexity index is 2000. The third-order valence-corrected chi connectivity index (χ3v) is 9.78. The number of fused-ring (bicyclic) bond motifs is 1. The number of ether oxygens (including phenoxy) is 2. The van der Waals surface area contributed by atoms with Gasteiger partial charge in [-0.1, -0.05) is 60.7 Å². The van der Waals surface area contributed by atoms with Crippen molar-refractivity contribution in [1.82, 2.24) is 10.3 Å². The summed E-state index contributed by atoms with van der Waals surface area (Å²) in [6.07, 6.45) is 3.12. The molecular weight excluding hydrogens is 656 g/mol. The van der Waals surface area contributed by atoms with E-state index in [2.05, 4.69) is 47.9 Å². The minimum Gasteiger partial charge on any atom is -0.506 e. The number of aromatic hydroxyl groups is 1. The van der Waals surface area contributed by atoms with E-state index in [1.165, 1.54) is 12.1 Å². The summed E-state index contributed by atoms with van der Waals surface area (Å²) in [4.78, 5) is 27.3. The van der Waals surface area contributed by atoms with Crippen LogP contribution < -0.4 is 20.9 Å². The Morgan fingerprint density at radius 2 is 1.67 bits per heavy atom. The molecule has 0 unspecified atom stereocenters. The van der Waals surface area contributed by atoms with Crippen molar-refractivity contribution in [3.63, 3.8) is 0 Å². The second kappa shape index (κ2) is 16.9. The molecule has 1 atom stereocenters. The van der Waals surface area contributed by atoms with Crippen LogP contribution in [-0.2, 0) is 17.7 Å². The lowest BCUT2D eigenvalue weighted by atomic mass is 9.99. The maximum absolute atomic E-state index is 13.0. The van der Waals surface area contributed by atoms with Gasteiger partial charge >= 0.3 is 6.09 Å². The lowest BCUT2D eigenvalue weighted by Gasteiger charge is -2.36. The molecule has 0 radical (unpaired) electrons. The zero-order valence-corrected chi connectivity index (χ0v) is 29.9. The number of carbonyl (C=O) groups is 1. The second-order valence-electron chi connectivity index (χ2n) is 14.2. The van der Waals surface area contributed by atoms with Crippen molar-refractivity contribution in [2.75, 3.05) is 45.7 Å². The summed E-state index contributed by atoms with van der Waals surface area (Å²) in [5.74, 6) is 0.763. The highest BCUT2D eigenvalue weighted by molar-refractivity contribution is 5.92. The van der Waals surface area contributed by atoms with E-state index in [-0.39, 0.29) is 17.4 Å². The van der Waals surface area contributed by atoms with Crippen LogP contribution in [0.25, 0.3) is 22.0 Å². The van der Waals surface area contributed by atoms with E-state index in [0.717, 1.165) is 83.4 Å². The van der Waals surface area contributed by atoms with Gasteiger partial charge in [0.25, 0.3) is 0 Å². The number of rotatable bonds is 14. The molecule has 1 amide bonds. The average molecular weight is 706 g/mol. The predicted octanol–water partition coefficient (Wildman–Crippen LogP) is 6.91. The molecule has 52 heavy (non-hydrogen) atoms. The lowest BCUT2D eigenvalue weighted by molar-refractivity contribution is -0.896. The van der Waals surface area contributed by atoms with Crippen molar-refractivity contribution in [3.8, 4) is 22.6 Å². The van der Waals surface area contributed by atoms with Gasteiger partial charge in [0.1, 0.15) is 17.6 Å². The number of likely N-dealkylation sites (tertiary alicyclic amines) is 1. The summed E-state index contributed by atoms with van der Waals surface area (Å²) in [6.45, 7) is 3.43. The van der Waals surface area contributed by atoms with Gasteiger partial charge in [0.15, 0.2) is 0 Å². The number of aromatic nitrogens is 1. The number of aryl methyl sites for hydroxylation is 1. The number of H-pyrrole nitrogens is 1. The van der Waals surface area contributed by atoms with Gasteiger partial charge in [-0.05, 0) is 71.8 Å². The van der Waals surface area contributed by atoms with Crippen LogP contribution in [0.3, 0.4) is 0 Å². The van der Waals surface area contributed by atoms with Crippen LogP contribution in [0.2, 0.25) is 0 Å². The Hall–Kier alpha value is -5.16. The first kappa shape index (κ1) is 36.6. The Kier molecular flexibility index (Phi) is 11.9. The first-order chi connectivity index (χ1) is 25.1. The van der Waals surface area contributed by atoms with E-state index in [9.17, 15) is 19.8 Å². The largest absolute Gasteiger partial charge is 0.506 e. The predicted molar refractivity (Wildman–Crippen MR) is 205 cm³/mol. The van der Waals surface area contributed by atoms with Gasteiger partial charge in [-0.3, -0.25) is 10.1 Å². The maximum atomic E-state index is 13.0. The third kappa shape index (κ3) is 9.79. The molecule has 4 aromatic carbocycles. The van der Waals surface area contributed by atoms with Crippen LogP contribution in [0.5, 0.6) is 11.5 Å². The molecule has 10 heteroatoms. The molecule has 1 aliphatic heterocycles. The molecule has 0 aliphatic carbocycles. The number of hydrogen-bond acceptors (Lipinski definition) is 7. The number of aromatic amines is 1. The number of phenols is 1. The highest BCUT2D eigenvalue weighted by atomic mass is 16.6. The Labute approximate surface area is 304 Å². The smallest absolute Gasteiger partial charge is 0.411 e. The van der Waals surface area contributed by atoms with Gasteiger partial charge in [0, 0.05) is 42.9 Å². The van der Waals surface area contributed by atoms with Gasteiger partial charge in [-0.25, -0.2) is 4.79 Å². The van der Waals surface area contributed by atoms with Crippen LogP contribution >= 0.6 is 0 Å². The van der Waals surface area contributed by atoms with Gasteiger partial charge < -0.3 is 34.5 Å². The minimum atomic E-state index is -0.823. The highest BCUT2D eigenvalue weighted by Gasteiger charge is 2.28. The summed E-state index contributed by atoms with van der Waals surface area (Å²) in [6, 6.07) is 30.4. The van der Waals surface area contributed by atoms with E-state index in [1.807, 2.05) is 54.6 Å². The fraction of sp³-hybridized carbons (Fsp3) is 0.333. The summed E-state index contributed by atoms with van der Waals surface area (Å²) < 4.78 is 12.8. The van der Waals surface area contributed by atoms with Gasteiger partial charge in [0.05, 0.1) is 51.1 Å². The molecule has 0 bridgehead atoms. The van der Waals surface area contributed by atoms with Crippen molar-refractivity contribution in [2.45, 2.75) is 50.9 Å². The number of nitrogens with zero attached hydrogens (tertiary/aromatic N) is 1. The topological polar surface area (TPSA) is 133 Å². The second-order valence-corrected chi connectivity index (χ2v) is 14.2. The van der Waals surface area contributed by atoms with Gasteiger partial charge in [0.2, 0.25) is 5.56 Å². The van der Waals surface area contributed by atoms with Crippen LogP contribution in [0.4, 0.5) is 10.5 Å². The number of hydrogen-bond donors (Lipinski definition) is 5. The van der Waals surface area contributed by atoms with E-state index >= 15 is 0 Å². The fourth-order valence-corrected chi connectivity index (χ4v) is 6.71. The van der Waals surface area contributed by atoms with Crippen molar-refractivity contribution >= 4 is 22.7 Å². The zero-order chi connectivity index (χ0) is 36.5. The van der Waals surface area contributed by atoms with E-state index in [4.69, 9.17) is 9.47 Å².